The zero-order valence-electron chi connectivity index (χ0n) is 11.7. The van der Waals surface area contributed by atoms with E-state index in [1.165, 1.54) is 0 Å². The number of nitrogens with zero attached hydrogens (tertiary/aromatic N) is 2. The lowest BCUT2D eigenvalue weighted by Crippen LogP contribution is -2.55. The van der Waals surface area contributed by atoms with Crippen LogP contribution in [0.5, 0.6) is 0 Å². The summed E-state index contributed by atoms with van der Waals surface area (Å²) in [5.74, 6) is 0.937. The minimum Gasteiger partial charge on any atom is -0.299 e. The highest BCUT2D eigenvalue weighted by molar-refractivity contribution is 7.91. The van der Waals surface area contributed by atoms with Crippen LogP contribution in [0.25, 0.3) is 0 Å². The Morgan fingerprint density at radius 1 is 1.42 bits per heavy atom. The molecule has 6 heteroatoms. The average molecular weight is 285 g/mol. The first-order chi connectivity index (χ1) is 8.92. The predicted octanol–water partition coefficient (Wildman–Crippen LogP) is 0.387. The quantitative estimate of drug-likeness (QED) is 0.764. The number of nitriles is 1. The molecule has 1 aliphatic heterocycles. The van der Waals surface area contributed by atoms with Gasteiger partial charge in [-0.05, 0) is 38.8 Å². The van der Waals surface area contributed by atoms with Gasteiger partial charge in [0.25, 0.3) is 0 Å². The van der Waals surface area contributed by atoms with Crippen LogP contribution < -0.4 is 5.32 Å². The van der Waals surface area contributed by atoms with Crippen LogP contribution in [-0.2, 0) is 9.84 Å². The van der Waals surface area contributed by atoms with Crippen molar-refractivity contribution >= 4 is 9.84 Å². The van der Waals surface area contributed by atoms with Gasteiger partial charge in [-0.1, -0.05) is 6.92 Å². The fraction of sp³-hybridized carbons (Fsp3) is 0.923. The Labute approximate surface area is 115 Å². The third-order valence-corrected chi connectivity index (χ3v) is 6.05. The molecule has 2 unspecified atom stereocenters. The van der Waals surface area contributed by atoms with Gasteiger partial charge in [0.15, 0.2) is 9.84 Å². The average Bonchev–Trinajstić information content (AvgIpc) is 3.13. The van der Waals surface area contributed by atoms with Crippen molar-refractivity contribution in [1.82, 2.24) is 10.2 Å². The first kappa shape index (κ1) is 14.8. The molecule has 1 saturated heterocycles. The molecule has 0 aromatic carbocycles. The topological polar surface area (TPSA) is 73.2 Å². The Bertz CT molecular complexity index is 467. The highest BCUT2D eigenvalue weighted by atomic mass is 32.2. The van der Waals surface area contributed by atoms with Crippen LogP contribution in [0, 0.1) is 17.2 Å². The highest BCUT2D eigenvalue weighted by Gasteiger charge is 2.47. The summed E-state index contributed by atoms with van der Waals surface area (Å²) in [6, 6.07) is 2.52. The molecule has 0 amide bonds. The molecule has 108 valence electrons. The van der Waals surface area contributed by atoms with Gasteiger partial charge in [-0.2, -0.15) is 5.26 Å². The normalized spacial score (nSPS) is 29.1. The van der Waals surface area contributed by atoms with E-state index in [2.05, 4.69) is 16.3 Å². The summed E-state index contributed by atoms with van der Waals surface area (Å²) >= 11 is 0. The van der Waals surface area contributed by atoms with E-state index >= 15 is 0 Å². The minimum atomic E-state index is -2.86. The predicted molar refractivity (Wildman–Crippen MR) is 74.4 cm³/mol. The van der Waals surface area contributed by atoms with E-state index in [4.69, 9.17) is 0 Å². The Hall–Kier alpha value is -0.640. The van der Waals surface area contributed by atoms with E-state index < -0.39 is 15.4 Å². The minimum absolute atomic E-state index is 0.0649. The van der Waals surface area contributed by atoms with Crippen molar-refractivity contribution in [1.29, 1.82) is 5.26 Å². The van der Waals surface area contributed by atoms with Gasteiger partial charge in [0.1, 0.15) is 5.54 Å². The molecular weight excluding hydrogens is 262 g/mol. The number of hydrogen-bond donors (Lipinski definition) is 1. The van der Waals surface area contributed by atoms with Gasteiger partial charge in [-0.15, -0.1) is 0 Å². The summed E-state index contributed by atoms with van der Waals surface area (Å²) in [5, 5.41) is 12.9. The van der Waals surface area contributed by atoms with E-state index in [0.29, 0.717) is 18.9 Å². The van der Waals surface area contributed by atoms with Crippen molar-refractivity contribution in [2.75, 3.05) is 31.6 Å². The standard InChI is InChI=1S/C13H23N3O2S/c1-3-15-13(9-14,11-4-5-11)10-16(2)12-6-7-19(17,18)8-12/h11-12,15H,3-8,10H2,1-2H3. The van der Waals surface area contributed by atoms with E-state index in [1.54, 1.807) is 0 Å². The summed E-state index contributed by atoms with van der Waals surface area (Å²) in [4.78, 5) is 2.06. The molecule has 0 aromatic heterocycles. The van der Waals surface area contributed by atoms with Crippen LogP contribution in [0.3, 0.4) is 0 Å². The molecule has 19 heavy (non-hydrogen) atoms. The van der Waals surface area contributed by atoms with Crippen molar-refractivity contribution in [3.8, 4) is 6.07 Å². The van der Waals surface area contributed by atoms with Crippen molar-refractivity contribution in [2.24, 2.45) is 5.92 Å². The fourth-order valence-electron chi connectivity index (χ4n) is 3.03. The monoisotopic (exact) mass is 285 g/mol. The molecule has 1 heterocycles. The summed E-state index contributed by atoms with van der Waals surface area (Å²) < 4.78 is 23.1. The molecule has 0 radical (unpaired) electrons. The van der Waals surface area contributed by atoms with Crippen LogP contribution >= 0.6 is 0 Å². The van der Waals surface area contributed by atoms with E-state index in [-0.39, 0.29) is 17.5 Å². The Morgan fingerprint density at radius 2 is 2.11 bits per heavy atom. The second kappa shape index (κ2) is 5.39. The Balaban J connectivity index is 2.03. The maximum atomic E-state index is 11.5. The number of sulfone groups is 1. The smallest absolute Gasteiger partial charge is 0.151 e. The summed E-state index contributed by atoms with van der Waals surface area (Å²) in [6.45, 7) is 3.39. The molecule has 0 spiro atoms. The largest absolute Gasteiger partial charge is 0.299 e. The molecule has 2 rings (SSSR count). The third-order valence-electron chi connectivity index (χ3n) is 4.30. The molecule has 2 fully saturated rings. The molecule has 0 aromatic rings. The molecule has 1 aliphatic carbocycles. The lowest BCUT2D eigenvalue weighted by molar-refractivity contribution is 0.190. The molecule has 2 aliphatic rings. The lowest BCUT2D eigenvalue weighted by Gasteiger charge is -2.34. The Kier molecular flexibility index (Phi) is 4.19. The van der Waals surface area contributed by atoms with Gasteiger partial charge in [0, 0.05) is 12.6 Å². The van der Waals surface area contributed by atoms with Crippen molar-refractivity contribution < 1.29 is 8.42 Å². The summed E-state index contributed by atoms with van der Waals surface area (Å²) in [5.41, 5.74) is -0.504. The van der Waals surface area contributed by atoms with Gasteiger partial charge < -0.3 is 0 Å². The molecule has 1 saturated carbocycles. The maximum absolute atomic E-state index is 11.5. The van der Waals surface area contributed by atoms with Crippen LogP contribution in [0.1, 0.15) is 26.2 Å². The zero-order chi connectivity index (χ0) is 14.1. The SMILES string of the molecule is CCNC(C#N)(CN(C)C1CCS(=O)(=O)C1)C1CC1. The van der Waals surface area contributed by atoms with E-state index in [1.807, 2.05) is 14.0 Å². The molecular formula is C13H23N3O2S. The van der Waals surface area contributed by atoms with Crippen molar-refractivity contribution in [2.45, 2.75) is 37.8 Å². The van der Waals surface area contributed by atoms with Gasteiger partial charge in [0.05, 0.1) is 17.6 Å². The van der Waals surface area contributed by atoms with E-state index in [9.17, 15) is 13.7 Å². The van der Waals surface area contributed by atoms with Crippen LogP contribution in [-0.4, -0.2) is 56.5 Å². The fourth-order valence-corrected chi connectivity index (χ4v) is 4.84. The second-order valence-electron chi connectivity index (χ2n) is 5.86. The lowest BCUT2D eigenvalue weighted by atomic mass is 9.93. The first-order valence-electron chi connectivity index (χ1n) is 6.99. The van der Waals surface area contributed by atoms with Crippen molar-refractivity contribution in [3.05, 3.63) is 0 Å². The molecule has 5 nitrogen and oxygen atoms in total. The number of likely N-dealkylation sites (N-methyl/N-ethyl adjacent to an activating group) is 2. The number of hydrogen-bond acceptors (Lipinski definition) is 5. The number of rotatable bonds is 6. The Morgan fingerprint density at radius 3 is 2.53 bits per heavy atom. The maximum Gasteiger partial charge on any atom is 0.151 e. The third kappa shape index (κ3) is 3.28. The molecule has 0 bridgehead atoms. The molecule has 1 N–H and O–H groups in total. The zero-order valence-corrected chi connectivity index (χ0v) is 12.5. The second-order valence-corrected chi connectivity index (χ2v) is 8.09. The van der Waals surface area contributed by atoms with Crippen LogP contribution in [0.4, 0.5) is 0 Å². The first-order valence-corrected chi connectivity index (χ1v) is 8.81. The summed E-state index contributed by atoms with van der Waals surface area (Å²) in [6.07, 6.45) is 2.88. The molecule has 2 atom stereocenters. The van der Waals surface area contributed by atoms with Gasteiger partial charge in [-0.25, -0.2) is 8.42 Å². The van der Waals surface area contributed by atoms with Crippen LogP contribution in [0.15, 0.2) is 0 Å². The van der Waals surface area contributed by atoms with Gasteiger partial charge in [-0.3, -0.25) is 10.2 Å². The number of nitrogens with one attached hydrogen (secondary N) is 1. The van der Waals surface area contributed by atoms with Gasteiger partial charge >= 0.3 is 0 Å². The van der Waals surface area contributed by atoms with Gasteiger partial charge in [0.2, 0.25) is 0 Å². The summed E-state index contributed by atoms with van der Waals surface area (Å²) in [7, 11) is -0.923. The highest BCUT2D eigenvalue weighted by Crippen LogP contribution is 2.40. The van der Waals surface area contributed by atoms with E-state index in [0.717, 1.165) is 19.4 Å². The van der Waals surface area contributed by atoms with Crippen LogP contribution in [0.2, 0.25) is 0 Å². The van der Waals surface area contributed by atoms with Crippen molar-refractivity contribution in [3.63, 3.8) is 0 Å².